The second-order valence-electron chi connectivity index (χ2n) is 20.7. The van der Waals surface area contributed by atoms with Crippen LogP contribution in [0.5, 0.6) is 23.0 Å². The van der Waals surface area contributed by atoms with Crippen LogP contribution in [0.1, 0.15) is 172 Å². The van der Waals surface area contributed by atoms with E-state index >= 15 is 0 Å². The molecule has 0 fully saturated rings. The van der Waals surface area contributed by atoms with E-state index in [0.717, 1.165) is 101 Å². The van der Waals surface area contributed by atoms with Gasteiger partial charge in [0.1, 0.15) is 23.0 Å². The van der Waals surface area contributed by atoms with Crippen molar-refractivity contribution in [3.05, 3.63) is 70.8 Å². The summed E-state index contributed by atoms with van der Waals surface area (Å²) in [6.45, 7) is 39.1. The molecule has 4 aromatic carbocycles. The first-order chi connectivity index (χ1) is 29.1. The maximum absolute atomic E-state index is 6.99. The Balaban J connectivity index is 2.01. The topological polar surface area (TPSA) is 36.9 Å². The van der Waals surface area contributed by atoms with Crippen LogP contribution in [0.25, 0.3) is 0 Å². The Labute approximate surface area is 393 Å². The van der Waals surface area contributed by atoms with Crippen molar-refractivity contribution in [3.8, 4) is 23.0 Å². The van der Waals surface area contributed by atoms with Gasteiger partial charge in [-0.3, -0.25) is 0 Å². The van der Waals surface area contributed by atoms with Crippen molar-refractivity contribution in [1.29, 1.82) is 0 Å². The summed E-state index contributed by atoms with van der Waals surface area (Å²) in [4.78, 5) is 8.80. The molecule has 0 saturated carbocycles. The van der Waals surface area contributed by atoms with E-state index in [2.05, 4.69) is 159 Å². The van der Waals surface area contributed by atoms with Crippen molar-refractivity contribution in [1.82, 2.24) is 0 Å². The fourth-order valence-corrected chi connectivity index (χ4v) is 11.5. The molecule has 0 spiro atoms. The average Bonchev–Trinajstić information content (AvgIpc) is 3.17. The van der Waals surface area contributed by atoms with Gasteiger partial charge in [-0.15, -0.1) is 0 Å². The molecule has 8 heteroatoms. The molecule has 0 N–H and O–H groups in total. The number of hydrogen-bond donors (Lipinski definition) is 0. The minimum Gasteiger partial charge on any atom is -0.491 e. The van der Waals surface area contributed by atoms with Crippen LogP contribution in [0.4, 0.5) is 0 Å². The lowest BCUT2D eigenvalue weighted by Crippen LogP contribution is -2.14. The summed E-state index contributed by atoms with van der Waals surface area (Å²) in [7, 11) is 0. The van der Waals surface area contributed by atoms with Gasteiger partial charge in [0.2, 0.25) is 0 Å². The van der Waals surface area contributed by atoms with E-state index < -0.39 is 0 Å². The summed E-state index contributed by atoms with van der Waals surface area (Å²) in [6, 6.07) is 19.0. The molecule has 4 nitrogen and oxygen atoms in total. The number of benzene rings is 4. The third-order valence-corrected chi connectivity index (χ3v) is 15.0. The fraction of sp³-hybridized carbons (Fsp3) is 0.556. The van der Waals surface area contributed by atoms with Crippen molar-refractivity contribution in [2.45, 2.75) is 210 Å². The molecule has 1 aliphatic rings. The van der Waals surface area contributed by atoms with Gasteiger partial charge < -0.3 is 18.9 Å². The van der Waals surface area contributed by atoms with Crippen molar-refractivity contribution in [3.63, 3.8) is 0 Å². The zero-order valence-corrected chi connectivity index (χ0v) is 44.2. The second-order valence-corrected chi connectivity index (χ2v) is 25.1. The van der Waals surface area contributed by atoms with E-state index in [0.29, 0.717) is 26.4 Å². The van der Waals surface area contributed by atoms with E-state index in [4.69, 9.17) is 18.9 Å². The minimum atomic E-state index is -0.111. The van der Waals surface area contributed by atoms with Gasteiger partial charge in [-0.25, -0.2) is 0 Å². The Kier molecular flexibility index (Phi) is 17.3. The van der Waals surface area contributed by atoms with Gasteiger partial charge >= 0.3 is 0 Å². The molecule has 0 atom stereocenters. The molecular formula is C54H76O4S4. The molecule has 0 aliphatic carbocycles. The molecule has 1 heterocycles. The second kappa shape index (κ2) is 21.2. The first-order valence-corrected chi connectivity index (χ1v) is 26.3. The lowest BCUT2D eigenvalue weighted by atomic mass is 9.87. The Morgan fingerprint density at radius 3 is 0.661 bits per heavy atom. The normalized spacial score (nSPS) is 13.5. The van der Waals surface area contributed by atoms with Gasteiger partial charge in [0.15, 0.2) is 0 Å². The zero-order valence-electron chi connectivity index (χ0n) is 41.0. The van der Waals surface area contributed by atoms with Crippen LogP contribution in [0.3, 0.4) is 0 Å². The van der Waals surface area contributed by atoms with Gasteiger partial charge in [-0.05, 0) is 118 Å². The van der Waals surface area contributed by atoms with Crippen molar-refractivity contribution in [2.75, 3.05) is 26.4 Å². The highest BCUT2D eigenvalue weighted by Gasteiger charge is 2.30. The van der Waals surface area contributed by atoms with Gasteiger partial charge in [0.25, 0.3) is 0 Å². The van der Waals surface area contributed by atoms with E-state index in [9.17, 15) is 0 Å². The molecule has 0 aromatic heterocycles. The molecule has 5 rings (SSSR count). The van der Waals surface area contributed by atoms with E-state index in [-0.39, 0.29) is 21.7 Å². The fourth-order valence-electron chi connectivity index (χ4n) is 6.73. The van der Waals surface area contributed by atoms with Crippen LogP contribution in [0.15, 0.2) is 87.7 Å². The largest absolute Gasteiger partial charge is 0.491 e. The van der Waals surface area contributed by atoms with Crippen LogP contribution in [-0.4, -0.2) is 26.4 Å². The standard InChI is InChI=1S/C54H76O4S4/c1-17-21-25-57-49-43-31-37(53(11,12)13)32-44(49)60-40-28-36(52(8,9)10)30-42(48(40)56-24-20-4)62-46-34-38(54(14,15)16)33-45(50(46)58-26-22-18-2)61-41-29-35(51(5,6)7)27-39(59-43)47(41)55-23-19-3/h27-34H,17-26H2,1-16H3. The zero-order chi connectivity index (χ0) is 45.6. The third-order valence-electron chi connectivity index (χ3n) is 10.8. The Hall–Kier alpha value is -2.52. The maximum Gasteiger partial charge on any atom is 0.147 e. The Morgan fingerprint density at radius 2 is 0.500 bits per heavy atom. The first-order valence-electron chi connectivity index (χ1n) is 23.1. The third kappa shape index (κ3) is 12.8. The molecule has 62 heavy (non-hydrogen) atoms. The van der Waals surface area contributed by atoms with Crippen LogP contribution < -0.4 is 18.9 Å². The molecule has 0 amide bonds. The number of rotatable bonds is 14. The molecule has 0 saturated heterocycles. The lowest BCUT2D eigenvalue weighted by Gasteiger charge is -2.28. The quantitative estimate of drug-likeness (QED) is 0.102. The summed E-state index contributed by atoms with van der Waals surface area (Å²) in [5.41, 5.74) is 4.61. The highest BCUT2D eigenvalue weighted by atomic mass is 32.2. The summed E-state index contributed by atoms with van der Waals surface area (Å²) < 4.78 is 27.8. The van der Waals surface area contributed by atoms with E-state index in [1.807, 2.05) is 0 Å². The summed E-state index contributed by atoms with van der Waals surface area (Å²) in [5.74, 6) is 3.69. The van der Waals surface area contributed by atoms with Crippen molar-refractivity contribution < 1.29 is 18.9 Å². The van der Waals surface area contributed by atoms with Gasteiger partial charge in [-0.2, -0.15) is 0 Å². The van der Waals surface area contributed by atoms with Crippen molar-refractivity contribution >= 4 is 47.0 Å². The van der Waals surface area contributed by atoms with Crippen LogP contribution in [0.2, 0.25) is 0 Å². The molecule has 1 aliphatic heterocycles. The molecule has 8 bridgehead atoms. The summed E-state index contributed by atoms with van der Waals surface area (Å²) in [6.07, 6.45) is 5.87. The number of unbranched alkanes of at least 4 members (excludes halogenated alkanes) is 2. The van der Waals surface area contributed by atoms with Crippen LogP contribution >= 0.6 is 47.0 Å². The summed E-state index contributed by atoms with van der Waals surface area (Å²) in [5, 5.41) is 0. The van der Waals surface area contributed by atoms with Gasteiger partial charge in [0, 0.05) is 0 Å². The van der Waals surface area contributed by atoms with Gasteiger partial charge in [0.05, 0.1) is 65.6 Å². The Morgan fingerprint density at radius 1 is 0.306 bits per heavy atom. The van der Waals surface area contributed by atoms with E-state index in [1.54, 1.807) is 47.0 Å². The smallest absolute Gasteiger partial charge is 0.147 e. The SMILES string of the molecule is CCCCOc1c2cc(C(C)(C)C)cc1Sc1cc(C(C)(C)C)cc(c1OCCC)Sc1cc(C(C)(C)C)cc(c1OCCCC)Sc1cc(C(C)(C)C)cc(c1OCCC)S2. The number of ether oxygens (including phenoxy) is 4. The molecule has 340 valence electrons. The summed E-state index contributed by atoms with van der Waals surface area (Å²) >= 11 is 7.14. The molecular weight excluding hydrogens is 841 g/mol. The van der Waals surface area contributed by atoms with E-state index in [1.165, 1.54) is 22.3 Å². The highest BCUT2D eigenvalue weighted by Crippen LogP contribution is 2.56. The molecule has 4 aromatic rings. The Bertz CT molecular complexity index is 1900. The van der Waals surface area contributed by atoms with Crippen LogP contribution in [-0.2, 0) is 21.7 Å². The lowest BCUT2D eigenvalue weighted by molar-refractivity contribution is 0.294. The predicted molar refractivity (Wildman–Crippen MR) is 269 cm³/mol. The maximum atomic E-state index is 6.99. The van der Waals surface area contributed by atoms with Crippen molar-refractivity contribution in [2.24, 2.45) is 0 Å². The van der Waals surface area contributed by atoms with Gasteiger partial charge in [-0.1, -0.05) is 171 Å². The predicted octanol–water partition coefficient (Wildman–Crippen LogP) is 17.7. The minimum absolute atomic E-state index is 0.110. The first kappa shape index (κ1) is 50.5. The number of hydrogen-bond acceptors (Lipinski definition) is 8. The monoisotopic (exact) mass is 916 g/mol. The highest BCUT2D eigenvalue weighted by molar-refractivity contribution is 8.01. The van der Waals surface area contributed by atoms with Crippen LogP contribution in [0, 0.1) is 0 Å². The average molecular weight is 917 g/mol. The molecule has 0 unspecified atom stereocenters. The number of fused-ring (bicyclic) bond motifs is 8. The molecule has 0 radical (unpaired) electrons.